The maximum atomic E-state index is 13.2. The van der Waals surface area contributed by atoms with Crippen LogP contribution in [0.5, 0.6) is 11.6 Å². The summed E-state index contributed by atoms with van der Waals surface area (Å²) in [7, 11) is 0. The zero-order chi connectivity index (χ0) is 22.2. The lowest BCUT2D eigenvalue weighted by atomic mass is 10.1. The lowest BCUT2D eigenvalue weighted by molar-refractivity contribution is -0.137. The molecule has 0 atom stereocenters. The standard InChI is InChI=1S/C20H15F3N6O2/c1-11(30)27-13-2-4-14(5-3-13)31-18-7-6-17-25-10-16(29(17)28-18)12-8-15(20(21,22)23)19(24)26-9-12/h2-10H,1H3,(H2,24,26)(H,27,30). The first-order chi connectivity index (χ1) is 14.7. The average Bonchev–Trinajstić information content (AvgIpc) is 3.12. The van der Waals surface area contributed by atoms with Crippen LogP contribution in [-0.4, -0.2) is 25.5 Å². The smallest absolute Gasteiger partial charge is 0.419 e. The lowest BCUT2D eigenvalue weighted by Crippen LogP contribution is -2.10. The molecule has 0 aliphatic rings. The topological polar surface area (TPSA) is 107 Å². The number of benzene rings is 1. The average molecular weight is 428 g/mol. The van der Waals surface area contributed by atoms with E-state index in [9.17, 15) is 18.0 Å². The van der Waals surface area contributed by atoms with E-state index in [1.165, 1.54) is 23.8 Å². The molecule has 8 nitrogen and oxygen atoms in total. The van der Waals surface area contributed by atoms with Crippen LogP contribution in [0.4, 0.5) is 24.7 Å². The van der Waals surface area contributed by atoms with Crippen LogP contribution in [0.15, 0.2) is 54.9 Å². The van der Waals surface area contributed by atoms with Gasteiger partial charge < -0.3 is 15.8 Å². The number of hydrogen-bond acceptors (Lipinski definition) is 6. The number of ether oxygens (including phenoxy) is 1. The van der Waals surface area contributed by atoms with Crippen molar-refractivity contribution >= 4 is 23.1 Å². The van der Waals surface area contributed by atoms with Crippen LogP contribution >= 0.6 is 0 Å². The van der Waals surface area contributed by atoms with Gasteiger partial charge in [0.1, 0.15) is 11.6 Å². The molecule has 0 spiro atoms. The molecule has 4 rings (SSSR count). The van der Waals surface area contributed by atoms with E-state index in [2.05, 4.69) is 20.4 Å². The number of carbonyl (C=O) groups is 1. The van der Waals surface area contributed by atoms with Gasteiger partial charge in [-0.15, -0.1) is 5.10 Å². The van der Waals surface area contributed by atoms with Gasteiger partial charge in [0.15, 0.2) is 5.65 Å². The van der Waals surface area contributed by atoms with Crippen LogP contribution in [0.3, 0.4) is 0 Å². The van der Waals surface area contributed by atoms with Crippen LogP contribution in [0.25, 0.3) is 16.9 Å². The van der Waals surface area contributed by atoms with Gasteiger partial charge in [0.2, 0.25) is 11.8 Å². The highest BCUT2D eigenvalue weighted by atomic mass is 19.4. The maximum Gasteiger partial charge on any atom is 0.419 e. The third kappa shape index (κ3) is 4.25. The minimum atomic E-state index is -4.64. The molecule has 0 aliphatic carbocycles. The Bertz CT molecular complexity index is 1270. The monoisotopic (exact) mass is 428 g/mol. The summed E-state index contributed by atoms with van der Waals surface area (Å²) in [6, 6.07) is 10.7. The Balaban J connectivity index is 1.66. The predicted octanol–water partition coefficient (Wildman–Crippen LogP) is 4.14. The van der Waals surface area contributed by atoms with Crippen molar-refractivity contribution in [3.8, 4) is 22.9 Å². The molecule has 0 unspecified atom stereocenters. The number of pyridine rings is 1. The molecule has 31 heavy (non-hydrogen) atoms. The lowest BCUT2D eigenvalue weighted by Gasteiger charge is -2.11. The molecule has 0 saturated carbocycles. The summed E-state index contributed by atoms with van der Waals surface area (Å²) in [5, 5.41) is 6.96. The van der Waals surface area contributed by atoms with Crippen molar-refractivity contribution in [2.75, 3.05) is 11.1 Å². The second-order valence-electron chi connectivity index (χ2n) is 6.55. The number of aromatic nitrogens is 4. The third-order valence-corrected chi connectivity index (χ3v) is 4.25. The number of anilines is 2. The Hall–Kier alpha value is -4.15. The number of nitrogens with zero attached hydrogens (tertiary/aromatic N) is 4. The number of nitrogens with two attached hydrogens (primary N) is 1. The first kappa shape index (κ1) is 20.1. The van der Waals surface area contributed by atoms with E-state index in [-0.39, 0.29) is 17.4 Å². The van der Waals surface area contributed by atoms with E-state index in [4.69, 9.17) is 10.5 Å². The van der Waals surface area contributed by atoms with Gasteiger partial charge in [-0.1, -0.05) is 0 Å². The second-order valence-corrected chi connectivity index (χ2v) is 6.55. The first-order valence-corrected chi connectivity index (χ1v) is 8.94. The van der Waals surface area contributed by atoms with Crippen LogP contribution < -0.4 is 15.8 Å². The fourth-order valence-electron chi connectivity index (χ4n) is 2.88. The molecule has 3 heterocycles. The number of rotatable bonds is 4. The second kappa shape index (κ2) is 7.59. The van der Waals surface area contributed by atoms with Crippen molar-refractivity contribution < 1.29 is 22.7 Å². The maximum absolute atomic E-state index is 13.2. The largest absolute Gasteiger partial charge is 0.438 e. The summed E-state index contributed by atoms with van der Waals surface area (Å²) < 4.78 is 46.6. The van der Waals surface area contributed by atoms with Crippen LogP contribution in [-0.2, 0) is 11.0 Å². The Kier molecular flexibility index (Phi) is 4.93. The Labute approximate surface area is 173 Å². The number of imidazole rings is 1. The molecule has 1 aromatic carbocycles. The van der Waals surface area contributed by atoms with Gasteiger partial charge in [0.05, 0.1) is 17.5 Å². The Morgan fingerprint density at radius 3 is 2.52 bits per heavy atom. The normalized spacial score (nSPS) is 11.5. The SMILES string of the molecule is CC(=O)Nc1ccc(Oc2ccc3ncc(-c4cnc(N)c(C(F)(F)F)c4)n3n2)cc1. The number of carbonyl (C=O) groups excluding carboxylic acids is 1. The number of nitrogen functional groups attached to an aromatic ring is 1. The molecule has 3 aromatic heterocycles. The first-order valence-electron chi connectivity index (χ1n) is 8.94. The summed E-state index contributed by atoms with van der Waals surface area (Å²) in [5.41, 5.74) is 5.80. The molecule has 3 N–H and O–H groups in total. The minimum absolute atomic E-state index is 0.151. The van der Waals surface area contributed by atoms with Crippen molar-refractivity contribution in [3.63, 3.8) is 0 Å². The molecule has 0 aliphatic heterocycles. The number of amides is 1. The molecule has 0 radical (unpaired) electrons. The summed E-state index contributed by atoms with van der Waals surface area (Å²) >= 11 is 0. The van der Waals surface area contributed by atoms with E-state index >= 15 is 0 Å². The fraction of sp³-hybridized carbons (Fsp3) is 0.100. The third-order valence-electron chi connectivity index (χ3n) is 4.25. The van der Waals surface area contributed by atoms with Crippen molar-refractivity contribution in [2.45, 2.75) is 13.1 Å². The number of fused-ring (bicyclic) bond motifs is 1. The summed E-state index contributed by atoms with van der Waals surface area (Å²) in [6.45, 7) is 1.40. The van der Waals surface area contributed by atoms with Gasteiger partial charge in [-0.3, -0.25) is 4.79 Å². The summed E-state index contributed by atoms with van der Waals surface area (Å²) in [5.74, 6) is -0.154. The van der Waals surface area contributed by atoms with E-state index < -0.39 is 17.6 Å². The minimum Gasteiger partial charge on any atom is -0.438 e. The highest BCUT2D eigenvalue weighted by Gasteiger charge is 2.34. The van der Waals surface area contributed by atoms with Gasteiger partial charge in [-0.2, -0.15) is 13.2 Å². The number of alkyl halides is 3. The van der Waals surface area contributed by atoms with Gasteiger partial charge >= 0.3 is 6.18 Å². The molecule has 11 heteroatoms. The predicted molar refractivity (Wildman–Crippen MR) is 106 cm³/mol. The van der Waals surface area contributed by atoms with Crippen molar-refractivity contribution in [3.05, 3.63) is 60.4 Å². The molecule has 158 valence electrons. The summed E-state index contributed by atoms with van der Waals surface area (Å²) in [6.07, 6.45) is -2.02. The Morgan fingerprint density at radius 2 is 1.84 bits per heavy atom. The van der Waals surface area contributed by atoms with Crippen LogP contribution in [0.2, 0.25) is 0 Å². The van der Waals surface area contributed by atoms with E-state index in [1.807, 2.05) is 0 Å². The van der Waals surface area contributed by atoms with Crippen molar-refractivity contribution in [1.82, 2.24) is 19.6 Å². The van der Waals surface area contributed by atoms with E-state index in [0.717, 1.165) is 6.07 Å². The van der Waals surface area contributed by atoms with Crippen LogP contribution in [0.1, 0.15) is 12.5 Å². The van der Waals surface area contributed by atoms with Gasteiger partial charge in [0.25, 0.3) is 0 Å². The van der Waals surface area contributed by atoms with Gasteiger partial charge in [0, 0.05) is 30.4 Å². The molecule has 4 aromatic rings. The van der Waals surface area contributed by atoms with Gasteiger partial charge in [-0.05, 0) is 36.4 Å². The number of halogens is 3. The molecule has 0 bridgehead atoms. The van der Waals surface area contributed by atoms with E-state index in [0.29, 0.717) is 22.8 Å². The Morgan fingerprint density at radius 1 is 1.10 bits per heavy atom. The van der Waals surface area contributed by atoms with Crippen LogP contribution in [0, 0.1) is 0 Å². The fourth-order valence-corrected chi connectivity index (χ4v) is 2.88. The zero-order valence-electron chi connectivity index (χ0n) is 16.0. The molecule has 1 amide bonds. The zero-order valence-corrected chi connectivity index (χ0v) is 16.0. The quantitative estimate of drug-likeness (QED) is 0.506. The van der Waals surface area contributed by atoms with Crippen molar-refractivity contribution in [2.24, 2.45) is 0 Å². The number of nitrogens with one attached hydrogen (secondary N) is 1. The summed E-state index contributed by atoms with van der Waals surface area (Å²) in [4.78, 5) is 18.9. The molecular formula is C20H15F3N6O2. The van der Waals surface area contributed by atoms with E-state index in [1.54, 1.807) is 36.4 Å². The molecule has 0 fully saturated rings. The highest BCUT2D eigenvalue weighted by molar-refractivity contribution is 5.88. The molecule has 0 saturated heterocycles. The number of hydrogen-bond donors (Lipinski definition) is 2. The molecular weight excluding hydrogens is 413 g/mol. The highest BCUT2D eigenvalue weighted by Crippen LogP contribution is 2.35. The van der Waals surface area contributed by atoms with Crippen molar-refractivity contribution in [1.29, 1.82) is 0 Å². The van der Waals surface area contributed by atoms with Gasteiger partial charge in [-0.25, -0.2) is 14.5 Å².